The lowest BCUT2D eigenvalue weighted by Gasteiger charge is -2.10. The van der Waals surface area contributed by atoms with E-state index in [1.807, 2.05) is 0 Å². The summed E-state index contributed by atoms with van der Waals surface area (Å²) in [7, 11) is 0. The van der Waals surface area contributed by atoms with Crippen LogP contribution in [-0.2, 0) is 6.54 Å². The zero-order valence-corrected chi connectivity index (χ0v) is 12.0. The van der Waals surface area contributed by atoms with Gasteiger partial charge in [0.15, 0.2) is 11.6 Å². The van der Waals surface area contributed by atoms with Crippen LogP contribution in [0.15, 0.2) is 36.4 Å². The Balaban J connectivity index is 1.78. The summed E-state index contributed by atoms with van der Waals surface area (Å²) >= 11 is 5.70. The Bertz CT molecular complexity index is 659. The molecule has 0 aliphatic heterocycles. The van der Waals surface area contributed by atoms with Gasteiger partial charge >= 0.3 is 0 Å². The molecule has 1 aliphatic carbocycles. The molecule has 2 aromatic carbocycles. The van der Waals surface area contributed by atoms with E-state index in [9.17, 15) is 8.78 Å². The Kier molecular flexibility index (Phi) is 4.08. The summed E-state index contributed by atoms with van der Waals surface area (Å²) in [6.45, 7) is 0.566. The SMILES string of the molecule is Fc1cc(CNC2CC2)cc(Oc2cccc(Cl)c2F)c1. The van der Waals surface area contributed by atoms with E-state index in [2.05, 4.69) is 5.32 Å². The molecule has 3 rings (SSSR count). The van der Waals surface area contributed by atoms with Gasteiger partial charge in [-0.1, -0.05) is 17.7 Å². The van der Waals surface area contributed by atoms with Gasteiger partial charge in [-0.05, 0) is 42.7 Å². The highest BCUT2D eigenvalue weighted by molar-refractivity contribution is 6.30. The monoisotopic (exact) mass is 309 g/mol. The van der Waals surface area contributed by atoms with E-state index in [1.165, 1.54) is 24.3 Å². The van der Waals surface area contributed by atoms with Crippen molar-refractivity contribution in [1.82, 2.24) is 5.32 Å². The summed E-state index contributed by atoms with van der Waals surface area (Å²) in [4.78, 5) is 0. The Morgan fingerprint density at radius 1 is 1.19 bits per heavy atom. The standard InChI is InChI=1S/C16H14ClF2NO/c17-14-2-1-3-15(16(14)19)21-13-7-10(6-11(18)8-13)9-20-12-4-5-12/h1-3,6-8,12,20H,4-5,9H2. The third kappa shape index (κ3) is 3.71. The molecule has 1 N–H and O–H groups in total. The van der Waals surface area contributed by atoms with E-state index in [1.54, 1.807) is 12.1 Å². The minimum atomic E-state index is -0.652. The number of ether oxygens (including phenoxy) is 1. The Labute approximate surface area is 126 Å². The van der Waals surface area contributed by atoms with Gasteiger partial charge in [-0.25, -0.2) is 8.78 Å². The van der Waals surface area contributed by atoms with Crippen LogP contribution in [0.5, 0.6) is 11.5 Å². The highest BCUT2D eigenvalue weighted by Crippen LogP contribution is 2.30. The van der Waals surface area contributed by atoms with E-state index >= 15 is 0 Å². The molecule has 0 atom stereocenters. The molecule has 0 amide bonds. The fourth-order valence-electron chi connectivity index (χ4n) is 2.02. The van der Waals surface area contributed by atoms with Gasteiger partial charge in [0.2, 0.25) is 0 Å². The van der Waals surface area contributed by atoms with Gasteiger partial charge in [0.25, 0.3) is 0 Å². The van der Waals surface area contributed by atoms with Gasteiger partial charge in [0, 0.05) is 18.7 Å². The smallest absolute Gasteiger partial charge is 0.184 e. The molecule has 110 valence electrons. The predicted octanol–water partition coefficient (Wildman–Crippen LogP) is 4.66. The van der Waals surface area contributed by atoms with Gasteiger partial charge in [0.1, 0.15) is 11.6 Å². The molecule has 1 aliphatic rings. The highest BCUT2D eigenvalue weighted by Gasteiger charge is 2.20. The minimum Gasteiger partial charge on any atom is -0.454 e. The summed E-state index contributed by atoms with van der Waals surface area (Å²) < 4.78 is 32.8. The summed E-state index contributed by atoms with van der Waals surface area (Å²) in [5.41, 5.74) is 0.763. The predicted molar refractivity (Wildman–Crippen MR) is 77.7 cm³/mol. The average molecular weight is 310 g/mol. The van der Waals surface area contributed by atoms with Gasteiger partial charge in [-0.3, -0.25) is 0 Å². The van der Waals surface area contributed by atoms with E-state index in [-0.39, 0.29) is 16.5 Å². The molecule has 0 aromatic heterocycles. The lowest BCUT2D eigenvalue weighted by molar-refractivity contribution is 0.438. The van der Waals surface area contributed by atoms with Crippen molar-refractivity contribution in [3.8, 4) is 11.5 Å². The van der Waals surface area contributed by atoms with E-state index in [0.717, 1.165) is 18.4 Å². The quantitative estimate of drug-likeness (QED) is 0.867. The Morgan fingerprint density at radius 2 is 2.00 bits per heavy atom. The van der Waals surface area contributed by atoms with Crippen LogP contribution in [0.25, 0.3) is 0 Å². The maximum atomic E-state index is 13.8. The van der Waals surface area contributed by atoms with Crippen molar-refractivity contribution >= 4 is 11.6 Å². The molecule has 0 bridgehead atoms. The van der Waals surface area contributed by atoms with E-state index in [4.69, 9.17) is 16.3 Å². The lowest BCUT2D eigenvalue weighted by Crippen LogP contribution is -2.15. The summed E-state index contributed by atoms with van der Waals surface area (Å²) in [6.07, 6.45) is 2.32. The van der Waals surface area contributed by atoms with Crippen LogP contribution >= 0.6 is 11.6 Å². The first kappa shape index (κ1) is 14.3. The molecular weight excluding hydrogens is 296 g/mol. The molecule has 0 heterocycles. The summed E-state index contributed by atoms with van der Waals surface area (Å²) in [6, 6.07) is 9.35. The molecule has 1 saturated carbocycles. The second-order valence-corrected chi connectivity index (χ2v) is 5.51. The Hall–Kier alpha value is -1.65. The third-order valence-corrected chi connectivity index (χ3v) is 3.54. The zero-order chi connectivity index (χ0) is 14.8. The van der Waals surface area contributed by atoms with Crippen molar-refractivity contribution in [2.75, 3.05) is 0 Å². The molecule has 2 nitrogen and oxygen atoms in total. The number of benzene rings is 2. The first-order chi connectivity index (χ1) is 10.1. The number of hydrogen-bond donors (Lipinski definition) is 1. The maximum Gasteiger partial charge on any atom is 0.184 e. The van der Waals surface area contributed by atoms with Crippen molar-refractivity contribution in [3.05, 3.63) is 58.6 Å². The van der Waals surface area contributed by atoms with Crippen LogP contribution in [0.4, 0.5) is 8.78 Å². The third-order valence-electron chi connectivity index (χ3n) is 3.25. The summed E-state index contributed by atoms with van der Waals surface area (Å²) in [5.74, 6) is -0.832. The molecule has 2 aromatic rings. The van der Waals surface area contributed by atoms with Crippen LogP contribution < -0.4 is 10.1 Å². The van der Waals surface area contributed by atoms with Gasteiger partial charge in [0.05, 0.1) is 5.02 Å². The van der Waals surface area contributed by atoms with Crippen LogP contribution in [-0.4, -0.2) is 6.04 Å². The fourth-order valence-corrected chi connectivity index (χ4v) is 2.19. The number of hydrogen-bond acceptors (Lipinski definition) is 2. The number of nitrogens with one attached hydrogen (secondary N) is 1. The average Bonchev–Trinajstić information content (AvgIpc) is 3.25. The van der Waals surface area contributed by atoms with Gasteiger partial charge < -0.3 is 10.1 Å². The van der Waals surface area contributed by atoms with Crippen molar-refractivity contribution in [2.45, 2.75) is 25.4 Å². The van der Waals surface area contributed by atoms with Crippen molar-refractivity contribution in [1.29, 1.82) is 0 Å². The van der Waals surface area contributed by atoms with Crippen LogP contribution in [0.1, 0.15) is 18.4 Å². The topological polar surface area (TPSA) is 21.3 Å². The van der Waals surface area contributed by atoms with E-state index in [0.29, 0.717) is 12.6 Å². The fraction of sp³-hybridized carbons (Fsp3) is 0.250. The molecular formula is C16H14ClF2NO. The minimum absolute atomic E-state index is 0.0193. The molecule has 21 heavy (non-hydrogen) atoms. The highest BCUT2D eigenvalue weighted by atomic mass is 35.5. The molecule has 0 unspecified atom stereocenters. The second-order valence-electron chi connectivity index (χ2n) is 5.10. The maximum absolute atomic E-state index is 13.8. The van der Waals surface area contributed by atoms with E-state index < -0.39 is 11.6 Å². The zero-order valence-electron chi connectivity index (χ0n) is 11.2. The van der Waals surface area contributed by atoms with Gasteiger partial charge in [-0.2, -0.15) is 0 Å². The first-order valence-electron chi connectivity index (χ1n) is 6.76. The number of rotatable bonds is 5. The first-order valence-corrected chi connectivity index (χ1v) is 7.14. The molecule has 0 radical (unpaired) electrons. The molecule has 0 spiro atoms. The van der Waals surface area contributed by atoms with Crippen molar-refractivity contribution in [2.24, 2.45) is 0 Å². The van der Waals surface area contributed by atoms with Crippen LogP contribution in [0.2, 0.25) is 5.02 Å². The second kappa shape index (κ2) is 6.00. The van der Waals surface area contributed by atoms with Crippen LogP contribution in [0.3, 0.4) is 0 Å². The largest absolute Gasteiger partial charge is 0.454 e. The lowest BCUT2D eigenvalue weighted by atomic mass is 10.2. The van der Waals surface area contributed by atoms with Crippen molar-refractivity contribution in [3.63, 3.8) is 0 Å². The van der Waals surface area contributed by atoms with Crippen molar-refractivity contribution < 1.29 is 13.5 Å². The molecule has 1 fully saturated rings. The van der Waals surface area contributed by atoms with Crippen LogP contribution in [0, 0.1) is 11.6 Å². The summed E-state index contributed by atoms with van der Waals surface area (Å²) in [5, 5.41) is 3.27. The normalized spacial score (nSPS) is 14.2. The Morgan fingerprint density at radius 3 is 2.76 bits per heavy atom. The molecule has 0 saturated heterocycles. The number of halogens is 3. The molecule has 5 heteroatoms. The van der Waals surface area contributed by atoms with Gasteiger partial charge in [-0.15, -0.1) is 0 Å².